The third kappa shape index (κ3) is 4.76. The van der Waals surface area contributed by atoms with Gasteiger partial charge < -0.3 is 10.2 Å². The summed E-state index contributed by atoms with van der Waals surface area (Å²) in [5.41, 5.74) is 0.883. The highest BCUT2D eigenvalue weighted by molar-refractivity contribution is 5.85. The molecule has 1 aliphatic heterocycles. The Balaban J connectivity index is 0.00000200. The number of carbonyl (C=O) groups excluding carboxylic acids is 1. The van der Waals surface area contributed by atoms with Gasteiger partial charge in [-0.3, -0.25) is 4.79 Å². The number of hydrogen-bond donors (Lipinski definition) is 1. The second-order valence-electron chi connectivity index (χ2n) is 5.16. The van der Waals surface area contributed by atoms with Crippen LogP contribution in [0.1, 0.15) is 18.9 Å². The van der Waals surface area contributed by atoms with Crippen LogP contribution in [0, 0.1) is 11.7 Å². The van der Waals surface area contributed by atoms with Crippen LogP contribution in [0.3, 0.4) is 0 Å². The summed E-state index contributed by atoms with van der Waals surface area (Å²) < 4.78 is 13.1. The summed E-state index contributed by atoms with van der Waals surface area (Å²) in [6.45, 7) is 5.34. The van der Waals surface area contributed by atoms with E-state index >= 15 is 0 Å². The molecular formula is C15H22ClFN2O. The molecule has 1 aliphatic rings. The molecule has 0 bridgehead atoms. The predicted octanol–water partition coefficient (Wildman–Crippen LogP) is 2.25. The van der Waals surface area contributed by atoms with Gasteiger partial charge in [0.15, 0.2) is 0 Å². The molecule has 1 saturated heterocycles. The molecule has 1 heterocycles. The van der Waals surface area contributed by atoms with Gasteiger partial charge in [0, 0.05) is 25.6 Å². The molecule has 112 valence electrons. The fourth-order valence-corrected chi connectivity index (χ4v) is 2.48. The highest BCUT2D eigenvalue weighted by atomic mass is 35.5. The Labute approximate surface area is 125 Å². The standard InChI is InChI=1S/C15H21FN2O.ClH/c1-12(10-13-4-2-5-14(16)11-13)15(19)18-8-3-6-17-7-9-18;/h2,4-5,11-12,17H,3,6-10H2,1H3;1H. The van der Waals surface area contributed by atoms with Gasteiger partial charge in [-0.2, -0.15) is 0 Å². The van der Waals surface area contributed by atoms with Gasteiger partial charge in [0.25, 0.3) is 0 Å². The molecule has 0 spiro atoms. The lowest BCUT2D eigenvalue weighted by Crippen LogP contribution is -2.38. The van der Waals surface area contributed by atoms with E-state index in [2.05, 4.69) is 5.32 Å². The third-order valence-electron chi connectivity index (χ3n) is 3.50. The Morgan fingerprint density at radius 1 is 1.40 bits per heavy atom. The van der Waals surface area contributed by atoms with Crippen LogP contribution in [-0.2, 0) is 11.2 Å². The summed E-state index contributed by atoms with van der Waals surface area (Å²) in [5, 5.41) is 3.28. The molecule has 0 radical (unpaired) electrons. The quantitative estimate of drug-likeness (QED) is 0.928. The lowest BCUT2D eigenvalue weighted by atomic mass is 9.99. The first-order chi connectivity index (χ1) is 9.16. The first kappa shape index (κ1) is 16.9. The molecule has 20 heavy (non-hydrogen) atoms. The summed E-state index contributed by atoms with van der Waals surface area (Å²) >= 11 is 0. The van der Waals surface area contributed by atoms with Crippen LogP contribution < -0.4 is 5.32 Å². The van der Waals surface area contributed by atoms with Crippen molar-refractivity contribution in [1.82, 2.24) is 10.2 Å². The average molecular weight is 301 g/mol. The maximum absolute atomic E-state index is 13.1. The number of hydrogen-bond acceptors (Lipinski definition) is 2. The fourth-order valence-electron chi connectivity index (χ4n) is 2.48. The van der Waals surface area contributed by atoms with E-state index < -0.39 is 0 Å². The van der Waals surface area contributed by atoms with E-state index in [1.807, 2.05) is 17.9 Å². The molecule has 3 nitrogen and oxygen atoms in total. The molecule has 1 aromatic rings. The molecule has 0 aromatic heterocycles. The van der Waals surface area contributed by atoms with Crippen molar-refractivity contribution in [2.24, 2.45) is 5.92 Å². The summed E-state index contributed by atoms with van der Waals surface area (Å²) in [6.07, 6.45) is 1.60. The lowest BCUT2D eigenvalue weighted by molar-refractivity contribution is -0.134. The molecule has 0 saturated carbocycles. The molecule has 1 fully saturated rings. The average Bonchev–Trinajstić information content (AvgIpc) is 2.66. The maximum Gasteiger partial charge on any atom is 0.225 e. The van der Waals surface area contributed by atoms with Gasteiger partial charge in [-0.15, -0.1) is 12.4 Å². The van der Waals surface area contributed by atoms with Crippen molar-refractivity contribution in [2.75, 3.05) is 26.2 Å². The molecule has 1 amide bonds. The molecular weight excluding hydrogens is 279 g/mol. The van der Waals surface area contributed by atoms with E-state index in [9.17, 15) is 9.18 Å². The topological polar surface area (TPSA) is 32.3 Å². The van der Waals surface area contributed by atoms with Gasteiger partial charge >= 0.3 is 0 Å². The second kappa shape index (κ2) is 8.22. The number of carbonyl (C=O) groups is 1. The number of nitrogens with zero attached hydrogens (tertiary/aromatic N) is 1. The Kier molecular flexibility index (Phi) is 6.96. The van der Waals surface area contributed by atoms with Crippen LogP contribution in [0.25, 0.3) is 0 Å². The van der Waals surface area contributed by atoms with Crippen LogP contribution in [0.5, 0.6) is 0 Å². The minimum absolute atomic E-state index is 0. The highest BCUT2D eigenvalue weighted by Gasteiger charge is 2.21. The van der Waals surface area contributed by atoms with Crippen LogP contribution in [0.4, 0.5) is 4.39 Å². The van der Waals surface area contributed by atoms with Crippen LogP contribution in [0.2, 0.25) is 0 Å². The first-order valence-corrected chi connectivity index (χ1v) is 6.91. The van der Waals surface area contributed by atoms with E-state index in [-0.39, 0.29) is 30.0 Å². The Morgan fingerprint density at radius 3 is 2.95 bits per heavy atom. The number of rotatable bonds is 3. The van der Waals surface area contributed by atoms with Crippen molar-refractivity contribution < 1.29 is 9.18 Å². The van der Waals surface area contributed by atoms with Crippen molar-refractivity contribution >= 4 is 18.3 Å². The van der Waals surface area contributed by atoms with Crippen LogP contribution >= 0.6 is 12.4 Å². The van der Waals surface area contributed by atoms with Crippen molar-refractivity contribution in [1.29, 1.82) is 0 Å². The summed E-state index contributed by atoms with van der Waals surface area (Å²) in [7, 11) is 0. The minimum Gasteiger partial charge on any atom is -0.341 e. The molecule has 1 aromatic carbocycles. The predicted molar refractivity (Wildman–Crippen MR) is 80.6 cm³/mol. The summed E-state index contributed by atoms with van der Waals surface area (Å²) in [5.74, 6) is -0.163. The number of halogens is 2. The zero-order chi connectivity index (χ0) is 13.7. The molecule has 0 aliphatic carbocycles. The Hall–Kier alpha value is -1.13. The third-order valence-corrected chi connectivity index (χ3v) is 3.50. The maximum atomic E-state index is 13.1. The van der Waals surface area contributed by atoms with Crippen LogP contribution in [-0.4, -0.2) is 37.0 Å². The molecule has 5 heteroatoms. The SMILES string of the molecule is CC(Cc1cccc(F)c1)C(=O)N1CCCNCC1.Cl. The highest BCUT2D eigenvalue weighted by Crippen LogP contribution is 2.13. The van der Waals surface area contributed by atoms with Gasteiger partial charge in [-0.05, 0) is 37.1 Å². The number of amides is 1. The smallest absolute Gasteiger partial charge is 0.225 e. The van der Waals surface area contributed by atoms with Crippen molar-refractivity contribution in [2.45, 2.75) is 19.8 Å². The zero-order valence-corrected chi connectivity index (χ0v) is 12.6. The normalized spacial score (nSPS) is 17.0. The summed E-state index contributed by atoms with van der Waals surface area (Å²) in [6, 6.07) is 6.50. The van der Waals surface area contributed by atoms with Crippen molar-refractivity contribution in [3.63, 3.8) is 0 Å². The van der Waals surface area contributed by atoms with Gasteiger partial charge in [-0.1, -0.05) is 19.1 Å². The molecule has 2 rings (SSSR count). The van der Waals surface area contributed by atoms with Gasteiger partial charge in [0.05, 0.1) is 0 Å². The monoisotopic (exact) mass is 300 g/mol. The van der Waals surface area contributed by atoms with Crippen molar-refractivity contribution in [3.8, 4) is 0 Å². The molecule has 1 unspecified atom stereocenters. The van der Waals surface area contributed by atoms with E-state index in [0.29, 0.717) is 6.42 Å². The fraction of sp³-hybridized carbons (Fsp3) is 0.533. The largest absolute Gasteiger partial charge is 0.341 e. The number of nitrogens with one attached hydrogen (secondary N) is 1. The lowest BCUT2D eigenvalue weighted by Gasteiger charge is -2.24. The van der Waals surface area contributed by atoms with E-state index in [1.165, 1.54) is 12.1 Å². The Morgan fingerprint density at radius 2 is 2.20 bits per heavy atom. The van der Waals surface area contributed by atoms with Crippen LogP contribution in [0.15, 0.2) is 24.3 Å². The van der Waals surface area contributed by atoms with E-state index in [1.54, 1.807) is 6.07 Å². The zero-order valence-electron chi connectivity index (χ0n) is 11.8. The first-order valence-electron chi connectivity index (χ1n) is 6.91. The van der Waals surface area contributed by atoms with Gasteiger partial charge in [-0.25, -0.2) is 4.39 Å². The molecule has 1 N–H and O–H groups in total. The van der Waals surface area contributed by atoms with Gasteiger partial charge in [0.1, 0.15) is 5.82 Å². The Bertz CT molecular complexity index is 434. The minimum atomic E-state index is -0.240. The summed E-state index contributed by atoms with van der Waals surface area (Å²) in [4.78, 5) is 14.3. The van der Waals surface area contributed by atoms with Gasteiger partial charge in [0.2, 0.25) is 5.91 Å². The number of benzene rings is 1. The van der Waals surface area contributed by atoms with E-state index in [0.717, 1.165) is 38.2 Å². The second-order valence-corrected chi connectivity index (χ2v) is 5.16. The van der Waals surface area contributed by atoms with E-state index in [4.69, 9.17) is 0 Å². The molecule has 1 atom stereocenters. The van der Waals surface area contributed by atoms with Crippen molar-refractivity contribution in [3.05, 3.63) is 35.6 Å².